The largest absolute Gasteiger partial charge is 0.417 e. The second kappa shape index (κ2) is 9.39. The number of halogens is 6. The van der Waals surface area contributed by atoms with Crippen LogP contribution >= 0.6 is 8.58 Å². The summed E-state index contributed by atoms with van der Waals surface area (Å²) in [6.07, 6.45) is -10.2. The average Bonchev–Trinajstić information content (AvgIpc) is 2.67. The molecule has 0 N–H and O–H groups in total. The van der Waals surface area contributed by atoms with Gasteiger partial charge in [-0.1, -0.05) is 60.7 Å². The fourth-order valence-electron chi connectivity index (χ4n) is 2.84. The Morgan fingerprint density at radius 1 is 0.633 bits per heavy atom. The smallest absolute Gasteiger partial charge is 0.289 e. The van der Waals surface area contributed by atoms with Gasteiger partial charge in [-0.3, -0.25) is 4.79 Å². The summed E-state index contributed by atoms with van der Waals surface area (Å²) in [5.41, 5.74) is -3.99. The Balaban J connectivity index is 0.00000320. The Bertz CT molecular complexity index is 982. The first kappa shape index (κ1) is 24.2. The first-order valence-electron chi connectivity index (χ1n) is 8.31. The van der Waals surface area contributed by atoms with Crippen molar-refractivity contribution in [3.8, 4) is 11.1 Å². The molecule has 1 nitrogen and oxygen atoms in total. The Labute approximate surface area is 182 Å². The van der Waals surface area contributed by atoms with Crippen LogP contribution in [0.25, 0.3) is 11.1 Å². The van der Waals surface area contributed by atoms with Crippen LogP contribution in [0.2, 0.25) is 0 Å². The van der Waals surface area contributed by atoms with Gasteiger partial charge in [0.05, 0.1) is 11.1 Å². The van der Waals surface area contributed by atoms with Gasteiger partial charge in [0.15, 0.2) is 5.52 Å². The topological polar surface area (TPSA) is 17.1 Å². The van der Waals surface area contributed by atoms with Crippen LogP contribution in [0.4, 0.5) is 26.3 Å². The van der Waals surface area contributed by atoms with Crippen LogP contribution in [0.5, 0.6) is 0 Å². The summed E-state index contributed by atoms with van der Waals surface area (Å²) < 4.78 is 79.4. The zero-order valence-electron chi connectivity index (χ0n) is 15.6. The molecule has 3 aromatic carbocycles. The molecule has 1 atom stereocenters. The Morgan fingerprint density at radius 3 is 1.57 bits per heavy atom. The molecule has 151 valence electrons. The zero-order valence-corrected chi connectivity index (χ0v) is 16.6. The second-order valence-corrected chi connectivity index (χ2v) is 7.40. The van der Waals surface area contributed by atoms with Gasteiger partial charge in [-0.05, 0) is 37.1 Å². The van der Waals surface area contributed by atoms with Crippen molar-refractivity contribution in [1.29, 1.82) is 0 Å². The molecule has 0 aromatic heterocycles. The maximum absolute atomic E-state index is 13.2. The summed E-state index contributed by atoms with van der Waals surface area (Å²) in [6, 6.07) is 17.3. The van der Waals surface area contributed by atoms with E-state index < -0.39 is 43.1 Å². The van der Waals surface area contributed by atoms with Crippen LogP contribution in [-0.4, -0.2) is 24.4 Å². The van der Waals surface area contributed by atoms with Crippen molar-refractivity contribution in [2.75, 3.05) is 0 Å². The van der Waals surface area contributed by atoms with Gasteiger partial charge in [0, 0.05) is 24.4 Å². The minimum absolute atomic E-state index is 0. The van der Waals surface area contributed by atoms with E-state index in [-0.39, 0.29) is 18.9 Å². The maximum Gasteiger partial charge on any atom is 0.417 e. The van der Waals surface area contributed by atoms with Crippen molar-refractivity contribution in [2.45, 2.75) is 12.4 Å². The molecule has 0 amide bonds. The molecule has 0 aliphatic rings. The fraction of sp³-hybridized carbons (Fsp3) is 0.0952. The summed E-state index contributed by atoms with van der Waals surface area (Å²) in [6.45, 7) is 0. The van der Waals surface area contributed by atoms with E-state index in [1.807, 2.05) is 30.3 Å². The van der Waals surface area contributed by atoms with Crippen molar-refractivity contribution >= 4 is 38.3 Å². The van der Waals surface area contributed by atoms with Crippen molar-refractivity contribution in [3.63, 3.8) is 0 Å². The minimum Gasteiger partial charge on any atom is -0.289 e. The third-order valence-electron chi connectivity index (χ3n) is 4.15. The Hall–Kier alpha value is -2.06. The van der Waals surface area contributed by atoms with E-state index in [1.165, 1.54) is 12.1 Å². The van der Waals surface area contributed by atoms with E-state index in [1.54, 1.807) is 12.1 Å². The number of carbonyl (C=O) groups is 1. The van der Waals surface area contributed by atoms with Gasteiger partial charge in [-0.2, -0.15) is 26.3 Å². The SMILES string of the molecule is O=C(Pc1ccc(-c2ccccc2)cc1)c1c(C(F)(F)F)cccc1C(F)(F)F.[Li]. The van der Waals surface area contributed by atoms with Gasteiger partial charge in [-0.25, -0.2) is 0 Å². The first-order chi connectivity index (χ1) is 13.6. The maximum atomic E-state index is 13.2. The van der Waals surface area contributed by atoms with Gasteiger partial charge in [0.2, 0.25) is 0 Å². The summed E-state index contributed by atoms with van der Waals surface area (Å²) in [5, 5.41) is 0.347. The predicted molar refractivity (Wildman–Crippen MR) is 106 cm³/mol. The van der Waals surface area contributed by atoms with Gasteiger partial charge >= 0.3 is 12.4 Å². The molecular formula is C21H13F6LiOP. The number of rotatable bonds is 4. The summed E-state index contributed by atoms with van der Waals surface area (Å²) in [7, 11) is -0.878. The van der Waals surface area contributed by atoms with Gasteiger partial charge in [0.25, 0.3) is 0 Å². The van der Waals surface area contributed by atoms with E-state index in [4.69, 9.17) is 0 Å². The normalized spacial score (nSPS) is 12.1. The van der Waals surface area contributed by atoms with E-state index in [9.17, 15) is 31.1 Å². The van der Waals surface area contributed by atoms with Crippen LogP contribution < -0.4 is 5.30 Å². The number of carbonyl (C=O) groups excluding carboxylic acids is 1. The van der Waals surface area contributed by atoms with Gasteiger partial charge in [0.1, 0.15) is 0 Å². The molecule has 0 heterocycles. The number of hydrogen-bond acceptors (Lipinski definition) is 1. The predicted octanol–water partition coefficient (Wildman–Crippen LogP) is 6.15. The Morgan fingerprint density at radius 2 is 1.10 bits per heavy atom. The standard InChI is InChI=1S/C21H13F6OP.Li/c22-20(23,24)16-7-4-8-17(21(25,26)27)18(16)19(28)29-15-11-9-14(10-12-15)13-5-2-1-3-6-13;/h1-12,29H;. The molecule has 0 aliphatic heterocycles. The number of benzene rings is 3. The molecule has 0 bridgehead atoms. The van der Waals surface area contributed by atoms with Crippen molar-refractivity contribution < 1.29 is 31.1 Å². The van der Waals surface area contributed by atoms with Crippen LogP contribution in [0.3, 0.4) is 0 Å². The monoisotopic (exact) mass is 433 g/mol. The third-order valence-corrected chi connectivity index (χ3v) is 5.25. The first-order valence-corrected chi connectivity index (χ1v) is 9.31. The van der Waals surface area contributed by atoms with E-state index in [2.05, 4.69) is 0 Å². The summed E-state index contributed by atoms with van der Waals surface area (Å²) in [5.74, 6) is 0. The molecule has 1 radical (unpaired) electrons. The Kier molecular flexibility index (Phi) is 7.58. The minimum atomic E-state index is -5.08. The van der Waals surface area contributed by atoms with Gasteiger partial charge < -0.3 is 0 Å². The molecular weight excluding hydrogens is 420 g/mol. The molecule has 0 saturated heterocycles. The summed E-state index contributed by atoms with van der Waals surface area (Å²) >= 11 is 0. The molecule has 30 heavy (non-hydrogen) atoms. The molecule has 0 aliphatic carbocycles. The summed E-state index contributed by atoms with van der Waals surface area (Å²) in [4.78, 5) is 12.5. The van der Waals surface area contributed by atoms with Crippen molar-refractivity contribution in [3.05, 3.63) is 89.5 Å². The molecule has 0 spiro atoms. The molecule has 0 saturated carbocycles. The van der Waals surface area contributed by atoms with Gasteiger partial charge in [-0.15, -0.1) is 0 Å². The third kappa shape index (κ3) is 5.54. The van der Waals surface area contributed by atoms with Crippen LogP contribution in [0.1, 0.15) is 21.5 Å². The van der Waals surface area contributed by atoms with Crippen molar-refractivity contribution in [2.24, 2.45) is 0 Å². The number of hydrogen-bond donors (Lipinski definition) is 0. The van der Waals surface area contributed by atoms with E-state index >= 15 is 0 Å². The molecule has 3 rings (SSSR count). The van der Waals surface area contributed by atoms with Crippen LogP contribution in [0.15, 0.2) is 72.8 Å². The zero-order chi connectivity index (χ0) is 21.2. The second-order valence-electron chi connectivity index (χ2n) is 6.12. The molecule has 0 fully saturated rings. The van der Waals surface area contributed by atoms with E-state index in [0.717, 1.165) is 11.1 Å². The van der Waals surface area contributed by atoms with Crippen LogP contribution in [-0.2, 0) is 12.4 Å². The van der Waals surface area contributed by atoms with Crippen LogP contribution in [0, 0.1) is 0 Å². The van der Waals surface area contributed by atoms with E-state index in [0.29, 0.717) is 23.5 Å². The average molecular weight is 433 g/mol. The molecule has 3 aromatic rings. The quantitative estimate of drug-likeness (QED) is 0.274. The fourth-order valence-corrected chi connectivity index (χ4v) is 3.83. The number of alkyl halides is 6. The van der Waals surface area contributed by atoms with Crippen molar-refractivity contribution in [1.82, 2.24) is 0 Å². The molecule has 9 heteroatoms. The molecule has 1 unspecified atom stereocenters.